The van der Waals surface area contributed by atoms with Crippen LogP contribution in [-0.2, 0) is 16.7 Å². The molecule has 1 aromatic heterocycles. The molecule has 5 nitrogen and oxygen atoms in total. The van der Waals surface area contributed by atoms with Gasteiger partial charge in [0.15, 0.2) is 0 Å². The number of anilines is 1. The highest BCUT2D eigenvalue weighted by Gasteiger charge is 2.32. The first-order chi connectivity index (χ1) is 12.7. The molecule has 2 fully saturated rings. The number of nitrogens with zero attached hydrogens (tertiary/aromatic N) is 4. The van der Waals surface area contributed by atoms with E-state index >= 15 is 0 Å². The van der Waals surface area contributed by atoms with Crippen LogP contribution in [0.2, 0.25) is 0 Å². The third kappa shape index (κ3) is 3.89. The molecule has 2 aromatic rings. The highest BCUT2D eigenvalue weighted by molar-refractivity contribution is 5.30. The van der Waals surface area contributed by atoms with Crippen LogP contribution in [-0.4, -0.2) is 54.3 Å². The molecule has 26 heavy (non-hydrogen) atoms. The van der Waals surface area contributed by atoms with Crippen LogP contribution >= 0.6 is 0 Å². The number of piperidine rings is 1. The molecule has 0 aliphatic carbocycles. The van der Waals surface area contributed by atoms with Crippen molar-refractivity contribution in [1.82, 2.24) is 14.9 Å². The number of morpholine rings is 1. The number of hydrogen-bond donors (Lipinski definition) is 0. The van der Waals surface area contributed by atoms with E-state index < -0.39 is 0 Å². The van der Waals surface area contributed by atoms with Gasteiger partial charge in [0.2, 0.25) is 5.95 Å². The van der Waals surface area contributed by atoms with E-state index in [-0.39, 0.29) is 5.41 Å². The van der Waals surface area contributed by atoms with Crippen LogP contribution in [0.15, 0.2) is 42.7 Å². The third-order valence-corrected chi connectivity index (χ3v) is 5.64. The second-order valence-corrected chi connectivity index (χ2v) is 7.73. The lowest BCUT2D eigenvalue weighted by atomic mass is 9.76. The maximum absolute atomic E-state index is 5.40. The van der Waals surface area contributed by atoms with Crippen LogP contribution in [0.1, 0.15) is 30.9 Å². The minimum absolute atomic E-state index is 0.230. The fourth-order valence-electron chi connectivity index (χ4n) is 4.17. The first-order valence-electron chi connectivity index (χ1n) is 9.64. The van der Waals surface area contributed by atoms with Crippen molar-refractivity contribution in [2.45, 2.75) is 31.7 Å². The van der Waals surface area contributed by atoms with Crippen LogP contribution in [0.5, 0.6) is 0 Å². The molecule has 1 aromatic carbocycles. The summed E-state index contributed by atoms with van der Waals surface area (Å²) in [5.41, 5.74) is 2.87. The van der Waals surface area contributed by atoms with Gasteiger partial charge < -0.3 is 9.64 Å². The maximum Gasteiger partial charge on any atom is 0.225 e. The second-order valence-electron chi connectivity index (χ2n) is 7.73. The van der Waals surface area contributed by atoms with E-state index in [0.29, 0.717) is 0 Å². The summed E-state index contributed by atoms with van der Waals surface area (Å²) >= 11 is 0. The van der Waals surface area contributed by atoms with Gasteiger partial charge in [0.1, 0.15) is 0 Å². The summed E-state index contributed by atoms with van der Waals surface area (Å²) < 4.78 is 5.40. The van der Waals surface area contributed by atoms with Gasteiger partial charge in [-0.2, -0.15) is 0 Å². The van der Waals surface area contributed by atoms with Crippen molar-refractivity contribution < 1.29 is 4.74 Å². The molecule has 2 aliphatic heterocycles. The topological polar surface area (TPSA) is 41.5 Å². The van der Waals surface area contributed by atoms with Crippen molar-refractivity contribution in [1.29, 1.82) is 0 Å². The van der Waals surface area contributed by atoms with Crippen LogP contribution < -0.4 is 4.90 Å². The molecule has 0 bridgehead atoms. The quantitative estimate of drug-likeness (QED) is 0.846. The third-order valence-electron chi connectivity index (χ3n) is 5.64. The highest BCUT2D eigenvalue weighted by atomic mass is 16.5. The lowest BCUT2D eigenvalue weighted by Crippen LogP contribution is -2.43. The summed E-state index contributed by atoms with van der Waals surface area (Å²) in [7, 11) is 0. The monoisotopic (exact) mass is 352 g/mol. The van der Waals surface area contributed by atoms with Crippen LogP contribution in [0, 0.1) is 0 Å². The lowest BCUT2D eigenvalue weighted by molar-refractivity contribution is 0.122. The molecule has 0 unspecified atom stereocenters. The fourth-order valence-corrected chi connectivity index (χ4v) is 4.17. The summed E-state index contributed by atoms with van der Waals surface area (Å²) in [6.45, 7) is 8.82. The Hall–Kier alpha value is -1.98. The Morgan fingerprint density at radius 1 is 1.04 bits per heavy atom. The first kappa shape index (κ1) is 17.4. The Labute approximate surface area is 156 Å². The van der Waals surface area contributed by atoms with Gasteiger partial charge in [-0.1, -0.05) is 37.3 Å². The van der Waals surface area contributed by atoms with E-state index in [1.165, 1.54) is 24.0 Å². The standard InChI is InChI=1S/C21H28N4O/c1-21(19-6-3-2-4-7-19)8-5-9-24(17-21)16-18-14-22-20(23-15-18)25-10-12-26-13-11-25/h2-4,6-7,14-15H,5,8-13,16-17H2,1H3/t21-/m0/s1. The largest absolute Gasteiger partial charge is 0.378 e. The van der Waals surface area contributed by atoms with Crippen molar-refractivity contribution in [2.75, 3.05) is 44.3 Å². The summed E-state index contributed by atoms with van der Waals surface area (Å²) in [4.78, 5) is 13.9. The average molecular weight is 352 g/mol. The van der Waals surface area contributed by atoms with Crippen LogP contribution in [0.4, 0.5) is 5.95 Å². The molecule has 0 radical (unpaired) electrons. The Bertz CT molecular complexity index is 700. The van der Waals surface area contributed by atoms with Gasteiger partial charge in [-0.15, -0.1) is 0 Å². The van der Waals surface area contributed by atoms with Crippen molar-refractivity contribution in [3.8, 4) is 0 Å². The summed E-state index contributed by atoms with van der Waals surface area (Å²) in [6, 6.07) is 10.9. The van der Waals surface area contributed by atoms with E-state index in [1.54, 1.807) is 0 Å². The molecule has 3 heterocycles. The minimum Gasteiger partial charge on any atom is -0.378 e. The van der Waals surface area contributed by atoms with E-state index in [2.05, 4.69) is 57.0 Å². The zero-order valence-corrected chi connectivity index (χ0v) is 15.6. The zero-order chi connectivity index (χ0) is 17.8. The number of aromatic nitrogens is 2. The summed E-state index contributed by atoms with van der Waals surface area (Å²) in [5.74, 6) is 0.824. The summed E-state index contributed by atoms with van der Waals surface area (Å²) in [5, 5.41) is 0. The molecular weight excluding hydrogens is 324 g/mol. The van der Waals surface area contributed by atoms with Crippen molar-refractivity contribution in [3.05, 3.63) is 53.9 Å². The molecule has 0 amide bonds. The first-order valence-corrected chi connectivity index (χ1v) is 9.64. The van der Waals surface area contributed by atoms with E-state index in [9.17, 15) is 0 Å². The molecule has 2 aliphatic rings. The Balaban J connectivity index is 1.40. The normalized spacial score (nSPS) is 24.6. The molecule has 1 atom stereocenters. The predicted octanol–water partition coefficient (Wildman–Crippen LogP) is 2.87. The Kier molecular flexibility index (Phi) is 5.18. The van der Waals surface area contributed by atoms with Crippen molar-refractivity contribution in [3.63, 3.8) is 0 Å². The van der Waals surface area contributed by atoms with Crippen LogP contribution in [0.25, 0.3) is 0 Å². The van der Waals surface area contributed by atoms with Gasteiger partial charge in [0.25, 0.3) is 0 Å². The van der Waals surface area contributed by atoms with E-state index in [4.69, 9.17) is 4.74 Å². The van der Waals surface area contributed by atoms with Gasteiger partial charge >= 0.3 is 0 Å². The molecule has 0 spiro atoms. The lowest BCUT2D eigenvalue weighted by Gasteiger charge is -2.41. The maximum atomic E-state index is 5.40. The molecule has 0 saturated carbocycles. The van der Waals surface area contributed by atoms with E-state index in [0.717, 1.165) is 51.9 Å². The zero-order valence-electron chi connectivity index (χ0n) is 15.6. The molecule has 0 N–H and O–H groups in total. The van der Waals surface area contributed by atoms with Gasteiger partial charge in [-0.05, 0) is 24.9 Å². The Morgan fingerprint density at radius 2 is 1.77 bits per heavy atom. The van der Waals surface area contributed by atoms with Gasteiger partial charge in [0, 0.05) is 49.6 Å². The molecule has 4 rings (SSSR count). The van der Waals surface area contributed by atoms with E-state index in [1.807, 2.05) is 12.4 Å². The molecule has 138 valence electrons. The van der Waals surface area contributed by atoms with Gasteiger partial charge in [0.05, 0.1) is 13.2 Å². The smallest absolute Gasteiger partial charge is 0.225 e. The minimum atomic E-state index is 0.230. The number of ether oxygens (including phenoxy) is 1. The van der Waals surface area contributed by atoms with Gasteiger partial charge in [-0.3, -0.25) is 4.90 Å². The number of likely N-dealkylation sites (tertiary alicyclic amines) is 1. The number of benzene rings is 1. The average Bonchev–Trinajstić information content (AvgIpc) is 2.70. The second kappa shape index (κ2) is 7.72. The van der Waals surface area contributed by atoms with Gasteiger partial charge in [-0.25, -0.2) is 9.97 Å². The summed E-state index contributed by atoms with van der Waals surface area (Å²) in [6.07, 6.45) is 6.47. The fraction of sp³-hybridized carbons (Fsp3) is 0.524. The van der Waals surface area contributed by atoms with Crippen LogP contribution in [0.3, 0.4) is 0 Å². The molecule has 5 heteroatoms. The SMILES string of the molecule is C[C@]1(c2ccccc2)CCCN(Cc2cnc(N3CCOCC3)nc2)C1. The Morgan fingerprint density at radius 3 is 2.50 bits per heavy atom. The number of hydrogen-bond acceptors (Lipinski definition) is 5. The molecule has 2 saturated heterocycles. The molecular formula is C21H28N4O. The predicted molar refractivity (Wildman–Crippen MR) is 103 cm³/mol. The van der Waals surface area contributed by atoms with Crippen molar-refractivity contribution in [2.24, 2.45) is 0 Å². The van der Waals surface area contributed by atoms with Crippen molar-refractivity contribution >= 4 is 5.95 Å². The number of rotatable bonds is 4. The highest BCUT2D eigenvalue weighted by Crippen LogP contribution is 2.34.